The largest absolute Gasteiger partial charge is 0.389 e. The Hall–Kier alpha value is -1.69. The van der Waals surface area contributed by atoms with E-state index in [0.29, 0.717) is 5.69 Å². The minimum Gasteiger partial charge on any atom is -0.389 e. The Kier molecular flexibility index (Phi) is 4.89. The van der Waals surface area contributed by atoms with Crippen molar-refractivity contribution in [3.05, 3.63) is 29.6 Å². The van der Waals surface area contributed by atoms with Gasteiger partial charge in [-0.25, -0.2) is 4.39 Å². The fourth-order valence-electron chi connectivity index (χ4n) is 2.35. The molecule has 0 atom stereocenters. The van der Waals surface area contributed by atoms with Gasteiger partial charge in [0.1, 0.15) is 10.8 Å². The molecule has 1 aromatic rings. The first-order valence-corrected chi connectivity index (χ1v) is 7.10. The molecule has 1 aliphatic heterocycles. The first-order valence-electron chi connectivity index (χ1n) is 6.69. The summed E-state index contributed by atoms with van der Waals surface area (Å²) < 4.78 is 13.7. The zero-order valence-electron chi connectivity index (χ0n) is 11.2. The van der Waals surface area contributed by atoms with E-state index in [1.165, 1.54) is 12.5 Å². The van der Waals surface area contributed by atoms with Gasteiger partial charge in [-0.3, -0.25) is 4.79 Å². The lowest BCUT2D eigenvalue weighted by Crippen LogP contribution is -2.39. The Morgan fingerprint density at radius 3 is 2.70 bits per heavy atom. The Bertz CT molecular complexity index is 515. The van der Waals surface area contributed by atoms with Crippen LogP contribution in [-0.2, 0) is 4.79 Å². The summed E-state index contributed by atoms with van der Waals surface area (Å²) in [6, 6.07) is 4.53. The number of thiocarbonyl (C=S) groups is 1. The Morgan fingerprint density at radius 2 is 2.05 bits per heavy atom. The van der Waals surface area contributed by atoms with Gasteiger partial charge in [-0.15, -0.1) is 0 Å². The van der Waals surface area contributed by atoms with Crippen LogP contribution in [0.2, 0.25) is 0 Å². The highest BCUT2D eigenvalue weighted by Gasteiger charge is 2.17. The Labute approximate surface area is 123 Å². The quantitative estimate of drug-likeness (QED) is 0.833. The first kappa shape index (κ1) is 14.7. The summed E-state index contributed by atoms with van der Waals surface area (Å²) in [5, 5.41) is 2.93. The van der Waals surface area contributed by atoms with Gasteiger partial charge in [-0.05, 0) is 31.4 Å². The molecule has 0 unspecified atom stereocenters. The van der Waals surface area contributed by atoms with Crippen LogP contribution in [0.1, 0.15) is 24.8 Å². The van der Waals surface area contributed by atoms with Gasteiger partial charge in [0.25, 0.3) is 0 Å². The lowest BCUT2D eigenvalue weighted by molar-refractivity contribution is -0.130. The molecule has 20 heavy (non-hydrogen) atoms. The minimum atomic E-state index is -0.479. The maximum atomic E-state index is 13.7. The van der Waals surface area contributed by atoms with Gasteiger partial charge in [-0.2, -0.15) is 0 Å². The molecule has 0 aromatic heterocycles. The summed E-state index contributed by atoms with van der Waals surface area (Å²) in [5.74, 6) is -0.462. The number of rotatable bonds is 4. The number of carbonyl (C=O) groups excluding carboxylic acids is 1. The molecule has 0 spiro atoms. The van der Waals surface area contributed by atoms with Crippen molar-refractivity contribution < 1.29 is 9.18 Å². The molecule has 1 aromatic carbocycles. The van der Waals surface area contributed by atoms with Crippen LogP contribution >= 0.6 is 12.2 Å². The molecule has 3 N–H and O–H groups in total. The van der Waals surface area contributed by atoms with E-state index in [4.69, 9.17) is 18.0 Å². The minimum absolute atomic E-state index is 0.0165. The summed E-state index contributed by atoms with van der Waals surface area (Å²) in [7, 11) is 0. The van der Waals surface area contributed by atoms with E-state index in [1.807, 2.05) is 4.90 Å². The summed E-state index contributed by atoms with van der Waals surface area (Å²) in [4.78, 5) is 13.9. The number of nitrogens with two attached hydrogens (primary N) is 1. The molecule has 0 bridgehead atoms. The van der Waals surface area contributed by atoms with Crippen molar-refractivity contribution in [2.75, 3.05) is 25.0 Å². The van der Waals surface area contributed by atoms with Crippen LogP contribution in [0.5, 0.6) is 0 Å². The van der Waals surface area contributed by atoms with Crippen LogP contribution in [0, 0.1) is 5.82 Å². The number of carbonyl (C=O) groups is 1. The highest BCUT2D eigenvalue weighted by molar-refractivity contribution is 7.80. The topological polar surface area (TPSA) is 58.4 Å². The normalized spacial score (nSPS) is 14.9. The number of likely N-dealkylation sites (tertiary alicyclic amines) is 1. The van der Waals surface area contributed by atoms with Crippen LogP contribution in [-0.4, -0.2) is 35.4 Å². The van der Waals surface area contributed by atoms with E-state index in [0.717, 1.165) is 25.9 Å². The smallest absolute Gasteiger partial charge is 0.241 e. The van der Waals surface area contributed by atoms with Crippen LogP contribution in [0.15, 0.2) is 18.2 Å². The fraction of sp³-hybridized carbons (Fsp3) is 0.429. The molecule has 0 radical (unpaired) electrons. The molecule has 0 saturated carbocycles. The predicted octanol–water partition coefficient (Wildman–Crippen LogP) is 1.88. The van der Waals surface area contributed by atoms with Gasteiger partial charge >= 0.3 is 0 Å². The maximum Gasteiger partial charge on any atom is 0.241 e. The number of nitrogens with one attached hydrogen (secondary N) is 1. The number of nitrogens with zero attached hydrogens (tertiary/aromatic N) is 1. The van der Waals surface area contributed by atoms with Crippen molar-refractivity contribution >= 4 is 28.8 Å². The monoisotopic (exact) mass is 295 g/mol. The molecule has 4 nitrogen and oxygen atoms in total. The van der Waals surface area contributed by atoms with Gasteiger partial charge in [0.2, 0.25) is 5.91 Å². The molecule has 108 valence electrons. The summed E-state index contributed by atoms with van der Waals surface area (Å²) in [6.07, 6.45) is 3.26. The van der Waals surface area contributed by atoms with Gasteiger partial charge in [-0.1, -0.05) is 18.3 Å². The molecular formula is C14H18FN3OS. The number of amides is 1. The van der Waals surface area contributed by atoms with Crippen molar-refractivity contribution in [2.45, 2.75) is 19.3 Å². The molecule has 2 rings (SSSR count). The van der Waals surface area contributed by atoms with Gasteiger partial charge in [0, 0.05) is 18.8 Å². The number of benzene rings is 1. The average molecular weight is 295 g/mol. The van der Waals surface area contributed by atoms with Crippen LogP contribution < -0.4 is 11.1 Å². The summed E-state index contributed by atoms with van der Waals surface area (Å²) >= 11 is 4.84. The third-order valence-electron chi connectivity index (χ3n) is 3.40. The zero-order chi connectivity index (χ0) is 14.5. The lowest BCUT2D eigenvalue weighted by atomic mass is 10.1. The number of anilines is 1. The van der Waals surface area contributed by atoms with E-state index in [-0.39, 0.29) is 23.0 Å². The van der Waals surface area contributed by atoms with E-state index in [1.54, 1.807) is 12.1 Å². The van der Waals surface area contributed by atoms with Crippen molar-refractivity contribution in [2.24, 2.45) is 5.73 Å². The lowest BCUT2D eigenvalue weighted by Gasteiger charge is -2.27. The van der Waals surface area contributed by atoms with Crippen molar-refractivity contribution in [3.8, 4) is 0 Å². The average Bonchev–Trinajstić information content (AvgIpc) is 2.45. The molecule has 1 fully saturated rings. The standard InChI is InChI=1S/C14H18FN3OS/c15-10-5-4-6-11(13(10)14(16)20)17-9-12(19)18-7-2-1-3-8-18/h4-6,17H,1-3,7-9H2,(H2,16,20). The van der Waals surface area contributed by atoms with Crippen LogP contribution in [0.4, 0.5) is 10.1 Å². The Balaban J connectivity index is 2.02. The number of halogens is 1. The number of hydrogen-bond acceptors (Lipinski definition) is 3. The SMILES string of the molecule is NC(=S)c1c(F)cccc1NCC(=O)N1CCCCC1. The predicted molar refractivity (Wildman–Crippen MR) is 81.2 cm³/mol. The number of piperidine rings is 1. The van der Waals surface area contributed by atoms with Crippen molar-refractivity contribution in [1.82, 2.24) is 4.90 Å². The second-order valence-corrected chi connectivity index (χ2v) is 5.26. The van der Waals surface area contributed by atoms with Gasteiger partial charge in [0.05, 0.1) is 12.1 Å². The van der Waals surface area contributed by atoms with Crippen LogP contribution in [0.25, 0.3) is 0 Å². The third-order valence-corrected chi connectivity index (χ3v) is 3.60. The van der Waals surface area contributed by atoms with Crippen molar-refractivity contribution in [3.63, 3.8) is 0 Å². The molecule has 1 aliphatic rings. The summed E-state index contributed by atoms with van der Waals surface area (Å²) in [6.45, 7) is 1.72. The van der Waals surface area contributed by atoms with E-state index < -0.39 is 5.82 Å². The molecule has 0 aliphatic carbocycles. The van der Waals surface area contributed by atoms with Gasteiger partial charge in [0.15, 0.2) is 0 Å². The fourth-order valence-corrected chi connectivity index (χ4v) is 2.56. The molecule has 1 amide bonds. The second kappa shape index (κ2) is 6.65. The zero-order valence-corrected chi connectivity index (χ0v) is 12.0. The van der Waals surface area contributed by atoms with Crippen molar-refractivity contribution in [1.29, 1.82) is 0 Å². The summed E-state index contributed by atoms with van der Waals surface area (Å²) in [5.41, 5.74) is 6.14. The van der Waals surface area contributed by atoms with E-state index in [9.17, 15) is 9.18 Å². The molecular weight excluding hydrogens is 277 g/mol. The third kappa shape index (κ3) is 3.45. The second-order valence-electron chi connectivity index (χ2n) is 4.82. The molecule has 1 saturated heterocycles. The number of hydrogen-bond donors (Lipinski definition) is 2. The Morgan fingerprint density at radius 1 is 1.35 bits per heavy atom. The van der Waals surface area contributed by atoms with E-state index >= 15 is 0 Å². The maximum absolute atomic E-state index is 13.7. The molecule has 1 heterocycles. The van der Waals surface area contributed by atoms with Gasteiger partial charge < -0.3 is 16.0 Å². The van der Waals surface area contributed by atoms with E-state index in [2.05, 4.69) is 5.32 Å². The highest BCUT2D eigenvalue weighted by Crippen LogP contribution is 2.19. The highest BCUT2D eigenvalue weighted by atomic mass is 32.1. The van der Waals surface area contributed by atoms with Crippen LogP contribution in [0.3, 0.4) is 0 Å². The first-order chi connectivity index (χ1) is 9.59. The molecule has 6 heteroatoms.